The van der Waals surface area contributed by atoms with Crippen molar-refractivity contribution in [2.45, 2.75) is 0 Å². The Morgan fingerprint density at radius 1 is 1.14 bits per heavy atom. The number of amides is 2. The fraction of sp³-hybridized carbons (Fsp3) is 0.250. The van der Waals surface area contributed by atoms with Gasteiger partial charge < -0.3 is 19.5 Å². The minimum absolute atomic E-state index is 0.0600. The van der Waals surface area contributed by atoms with Crippen molar-refractivity contribution >= 4 is 46.2 Å². The number of piperazine rings is 1. The van der Waals surface area contributed by atoms with Crippen LogP contribution in [0.25, 0.3) is 17.4 Å². The van der Waals surface area contributed by atoms with Crippen LogP contribution in [-0.2, 0) is 4.79 Å². The fourth-order valence-electron chi connectivity index (χ4n) is 3.10. The first-order chi connectivity index (χ1) is 13.5. The van der Waals surface area contributed by atoms with Crippen molar-refractivity contribution in [3.8, 4) is 11.3 Å². The molecule has 1 aromatic heterocycles. The molecule has 4 rings (SSSR count). The summed E-state index contributed by atoms with van der Waals surface area (Å²) in [7, 11) is 2.07. The molecule has 2 aliphatic rings. The maximum absolute atomic E-state index is 12.6. The second-order valence-electron chi connectivity index (χ2n) is 6.73. The molecule has 0 saturated carbocycles. The molecule has 0 spiro atoms. The molecule has 0 atom stereocenters. The minimum atomic E-state index is -0.209. The van der Waals surface area contributed by atoms with E-state index < -0.39 is 0 Å². The number of thiocarbonyl (C=S) groups is 1. The van der Waals surface area contributed by atoms with Gasteiger partial charge in [0, 0.05) is 43.4 Å². The van der Waals surface area contributed by atoms with Gasteiger partial charge in [-0.1, -0.05) is 36.1 Å². The summed E-state index contributed by atoms with van der Waals surface area (Å²) in [4.78, 5) is 29.0. The number of nitrogens with zero attached hydrogens (tertiary/aromatic N) is 2. The number of thioether (sulfide) groups is 1. The van der Waals surface area contributed by atoms with Crippen molar-refractivity contribution in [3.63, 3.8) is 0 Å². The highest BCUT2D eigenvalue weighted by molar-refractivity contribution is 8.26. The third-order valence-electron chi connectivity index (χ3n) is 4.75. The lowest BCUT2D eigenvalue weighted by molar-refractivity contribution is -0.115. The van der Waals surface area contributed by atoms with Crippen LogP contribution in [0.5, 0.6) is 0 Å². The van der Waals surface area contributed by atoms with Crippen molar-refractivity contribution in [3.05, 3.63) is 52.6 Å². The predicted octanol–water partition coefficient (Wildman–Crippen LogP) is 2.82. The van der Waals surface area contributed by atoms with E-state index in [0.29, 0.717) is 26.3 Å². The highest BCUT2D eigenvalue weighted by Gasteiger charge is 2.23. The third-order valence-corrected chi connectivity index (χ3v) is 5.91. The number of likely N-dealkylation sites (N-methyl/N-ethyl adjacent to an activating group) is 1. The molecular formula is C20H19N3O3S2. The van der Waals surface area contributed by atoms with Crippen molar-refractivity contribution in [1.82, 2.24) is 15.1 Å². The van der Waals surface area contributed by atoms with Gasteiger partial charge in [-0.05, 0) is 31.3 Å². The molecule has 2 aromatic rings. The maximum Gasteiger partial charge on any atom is 0.263 e. The highest BCUT2D eigenvalue weighted by Crippen LogP contribution is 2.29. The van der Waals surface area contributed by atoms with E-state index in [4.69, 9.17) is 16.6 Å². The monoisotopic (exact) mass is 413 g/mol. The third kappa shape index (κ3) is 4.04. The summed E-state index contributed by atoms with van der Waals surface area (Å²) in [5.41, 5.74) is 1.55. The summed E-state index contributed by atoms with van der Waals surface area (Å²) in [5, 5.41) is 2.58. The maximum atomic E-state index is 12.6. The smallest absolute Gasteiger partial charge is 0.263 e. The molecule has 6 nitrogen and oxygen atoms in total. The van der Waals surface area contributed by atoms with Crippen LogP contribution in [0.15, 0.2) is 45.7 Å². The SMILES string of the molecule is CN1CCN(C(=O)c2ccc(-c3ccc(C=C4SC(=S)NC4=O)o3)cc2)CC1. The fourth-order valence-corrected chi connectivity index (χ4v) is 4.13. The van der Waals surface area contributed by atoms with E-state index in [9.17, 15) is 9.59 Å². The van der Waals surface area contributed by atoms with Gasteiger partial charge in [0.1, 0.15) is 15.8 Å². The van der Waals surface area contributed by atoms with Crippen LogP contribution in [0.1, 0.15) is 16.1 Å². The Bertz CT molecular complexity index is 957. The summed E-state index contributed by atoms with van der Waals surface area (Å²) in [6, 6.07) is 11.1. The molecule has 3 heterocycles. The van der Waals surface area contributed by atoms with Crippen LogP contribution in [0.2, 0.25) is 0 Å². The number of rotatable bonds is 3. The lowest BCUT2D eigenvalue weighted by atomic mass is 10.1. The van der Waals surface area contributed by atoms with Crippen LogP contribution < -0.4 is 5.32 Å². The van der Waals surface area contributed by atoms with Crippen LogP contribution in [0.3, 0.4) is 0 Å². The first-order valence-corrected chi connectivity index (χ1v) is 10.1. The van der Waals surface area contributed by atoms with Crippen molar-refractivity contribution in [2.24, 2.45) is 0 Å². The Labute approximate surface area is 172 Å². The molecule has 28 heavy (non-hydrogen) atoms. The van der Waals surface area contributed by atoms with Gasteiger partial charge in [0.2, 0.25) is 0 Å². The molecule has 2 saturated heterocycles. The largest absolute Gasteiger partial charge is 0.457 e. The molecule has 0 radical (unpaired) electrons. The predicted molar refractivity (Wildman–Crippen MR) is 114 cm³/mol. The normalized spacial score (nSPS) is 19.3. The van der Waals surface area contributed by atoms with Gasteiger partial charge in [-0.15, -0.1) is 0 Å². The number of carbonyl (C=O) groups is 2. The zero-order chi connectivity index (χ0) is 19.7. The summed E-state index contributed by atoms with van der Waals surface area (Å²) < 4.78 is 6.28. The molecule has 8 heteroatoms. The highest BCUT2D eigenvalue weighted by atomic mass is 32.2. The lowest BCUT2D eigenvalue weighted by Crippen LogP contribution is -2.47. The zero-order valence-electron chi connectivity index (χ0n) is 15.3. The molecule has 2 fully saturated rings. The zero-order valence-corrected chi connectivity index (χ0v) is 16.9. The second kappa shape index (κ2) is 7.90. The van der Waals surface area contributed by atoms with Gasteiger partial charge in [0.05, 0.1) is 4.91 Å². The number of hydrogen-bond acceptors (Lipinski definition) is 6. The van der Waals surface area contributed by atoms with Crippen LogP contribution in [-0.4, -0.2) is 59.2 Å². The molecule has 2 aliphatic heterocycles. The summed E-state index contributed by atoms with van der Waals surface area (Å²) in [6.45, 7) is 3.30. The Morgan fingerprint density at radius 3 is 2.50 bits per heavy atom. The summed E-state index contributed by atoms with van der Waals surface area (Å²) >= 11 is 6.20. The van der Waals surface area contributed by atoms with E-state index in [-0.39, 0.29) is 11.8 Å². The topological polar surface area (TPSA) is 65.8 Å². The van der Waals surface area contributed by atoms with E-state index in [2.05, 4.69) is 17.3 Å². The number of benzene rings is 1. The van der Waals surface area contributed by atoms with E-state index in [0.717, 1.165) is 31.7 Å². The summed E-state index contributed by atoms with van der Waals surface area (Å²) in [5.74, 6) is 1.11. The lowest BCUT2D eigenvalue weighted by Gasteiger charge is -2.32. The summed E-state index contributed by atoms with van der Waals surface area (Å²) in [6.07, 6.45) is 1.67. The Hall–Kier alpha value is -2.42. The van der Waals surface area contributed by atoms with Gasteiger partial charge in [-0.25, -0.2) is 0 Å². The van der Waals surface area contributed by atoms with Crippen molar-refractivity contribution in [1.29, 1.82) is 0 Å². The van der Waals surface area contributed by atoms with Gasteiger partial charge in [0.15, 0.2) is 0 Å². The number of carbonyl (C=O) groups excluding carboxylic acids is 2. The average molecular weight is 414 g/mol. The van der Waals surface area contributed by atoms with Gasteiger partial charge >= 0.3 is 0 Å². The van der Waals surface area contributed by atoms with E-state index in [1.165, 1.54) is 11.8 Å². The Morgan fingerprint density at radius 2 is 1.86 bits per heavy atom. The molecule has 1 N–H and O–H groups in total. The first kappa shape index (κ1) is 18.9. The van der Waals surface area contributed by atoms with Gasteiger partial charge in [-0.3, -0.25) is 9.59 Å². The molecule has 0 aliphatic carbocycles. The van der Waals surface area contributed by atoms with Crippen LogP contribution in [0, 0.1) is 0 Å². The van der Waals surface area contributed by atoms with Gasteiger partial charge in [0.25, 0.3) is 11.8 Å². The first-order valence-electron chi connectivity index (χ1n) is 8.92. The number of furan rings is 1. The van der Waals surface area contributed by atoms with Crippen LogP contribution in [0.4, 0.5) is 0 Å². The Balaban J connectivity index is 1.47. The number of nitrogens with one attached hydrogen (secondary N) is 1. The molecule has 2 amide bonds. The van der Waals surface area contributed by atoms with E-state index in [1.54, 1.807) is 12.1 Å². The molecular weight excluding hydrogens is 394 g/mol. The molecule has 0 unspecified atom stereocenters. The quantitative estimate of drug-likeness (QED) is 0.617. The second-order valence-corrected chi connectivity index (χ2v) is 8.45. The van der Waals surface area contributed by atoms with E-state index >= 15 is 0 Å². The van der Waals surface area contributed by atoms with Crippen molar-refractivity contribution < 1.29 is 14.0 Å². The average Bonchev–Trinajstić information content (AvgIpc) is 3.28. The van der Waals surface area contributed by atoms with Crippen molar-refractivity contribution in [2.75, 3.05) is 33.2 Å². The molecule has 0 bridgehead atoms. The van der Waals surface area contributed by atoms with Gasteiger partial charge in [-0.2, -0.15) is 0 Å². The standard InChI is InChI=1S/C20H19N3O3S2/c1-22-8-10-23(11-9-22)19(25)14-4-2-13(3-5-14)16-7-6-15(26-16)12-17-18(24)21-20(27)28-17/h2-7,12H,8-11H2,1H3,(H,21,24,27). The molecule has 1 aromatic carbocycles. The van der Waals surface area contributed by atoms with E-state index in [1.807, 2.05) is 35.2 Å². The molecule has 144 valence electrons. The number of hydrogen-bond donors (Lipinski definition) is 1. The Kier molecular flexibility index (Phi) is 5.34. The minimum Gasteiger partial charge on any atom is -0.457 e. The van der Waals surface area contributed by atoms with Crippen LogP contribution >= 0.6 is 24.0 Å².